The summed E-state index contributed by atoms with van der Waals surface area (Å²) >= 11 is 0. The van der Waals surface area contributed by atoms with Crippen LogP contribution in [0.1, 0.15) is 30.4 Å². The van der Waals surface area contributed by atoms with Crippen LogP contribution in [0.15, 0.2) is 66.7 Å². The number of nitrogens with zero attached hydrogens (tertiary/aromatic N) is 1. The number of piperidine rings is 1. The molecule has 156 valence electrons. The molecule has 2 aromatic rings. The molecule has 2 aliphatic rings. The minimum Gasteiger partial charge on any atom is -0.445 e. The first-order valence-corrected chi connectivity index (χ1v) is 10.5. The summed E-state index contributed by atoms with van der Waals surface area (Å²) in [5.41, 5.74) is 2.05. The number of carbonyl (C=O) groups is 2. The van der Waals surface area contributed by atoms with E-state index in [-0.39, 0.29) is 36.5 Å². The number of ketones is 1. The van der Waals surface area contributed by atoms with Crippen LogP contribution in [-0.4, -0.2) is 42.1 Å². The predicted molar refractivity (Wildman–Crippen MR) is 115 cm³/mol. The molecule has 2 unspecified atom stereocenters. The molecule has 5 heteroatoms. The summed E-state index contributed by atoms with van der Waals surface area (Å²) in [7, 11) is 0. The summed E-state index contributed by atoms with van der Waals surface area (Å²) in [4.78, 5) is 27.3. The average molecular weight is 405 g/mol. The molecular weight excluding hydrogens is 378 g/mol. The molecule has 0 aromatic heterocycles. The van der Waals surface area contributed by atoms with Crippen molar-refractivity contribution in [2.75, 3.05) is 13.2 Å². The standard InChI is InChI=1S/C25H27NO4/c27-24(13-7-12-19-8-3-1-4-9-19)21-14-22-17-29-18-23(15-21)26(22)25(28)30-16-20-10-5-2-6-11-20/h1-12,21-23H,13-18H2/b12-7+. The number of hydrogen-bond acceptors (Lipinski definition) is 4. The van der Waals surface area contributed by atoms with Gasteiger partial charge in [0.2, 0.25) is 0 Å². The van der Waals surface area contributed by atoms with E-state index in [1.165, 1.54) is 0 Å². The van der Waals surface area contributed by atoms with Crippen molar-refractivity contribution in [2.45, 2.75) is 38.0 Å². The highest BCUT2D eigenvalue weighted by Crippen LogP contribution is 2.33. The Morgan fingerprint density at radius 3 is 2.27 bits per heavy atom. The second kappa shape index (κ2) is 9.72. The van der Waals surface area contributed by atoms with Crippen molar-refractivity contribution in [3.8, 4) is 0 Å². The molecular formula is C25H27NO4. The topological polar surface area (TPSA) is 55.8 Å². The first-order chi connectivity index (χ1) is 14.7. The molecule has 0 spiro atoms. The number of amides is 1. The summed E-state index contributed by atoms with van der Waals surface area (Å²) in [6, 6.07) is 19.4. The van der Waals surface area contributed by atoms with Crippen molar-refractivity contribution in [3.63, 3.8) is 0 Å². The molecule has 2 aromatic carbocycles. The largest absolute Gasteiger partial charge is 0.445 e. The van der Waals surface area contributed by atoms with Gasteiger partial charge in [-0.15, -0.1) is 0 Å². The van der Waals surface area contributed by atoms with Gasteiger partial charge in [0, 0.05) is 12.3 Å². The van der Waals surface area contributed by atoms with Gasteiger partial charge in [-0.1, -0.05) is 72.8 Å². The Labute approximate surface area is 177 Å². The number of Topliss-reactive ketones (excluding diaryl/α,β-unsaturated/α-hetero) is 1. The predicted octanol–water partition coefficient (Wildman–Crippen LogP) is 4.48. The summed E-state index contributed by atoms with van der Waals surface area (Å²) in [6.45, 7) is 1.17. The molecule has 5 nitrogen and oxygen atoms in total. The molecule has 0 radical (unpaired) electrons. The third-order valence-electron chi connectivity index (χ3n) is 5.82. The summed E-state index contributed by atoms with van der Waals surface area (Å²) in [5.74, 6) is 0.193. The van der Waals surface area contributed by atoms with Crippen LogP contribution >= 0.6 is 0 Å². The Bertz CT molecular complexity index is 867. The molecule has 2 atom stereocenters. The third kappa shape index (κ3) is 4.97. The van der Waals surface area contributed by atoms with Crippen LogP contribution in [0.25, 0.3) is 6.08 Å². The van der Waals surface area contributed by atoms with E-state index in [2.05, 4.69) is 0 Å². The minimum atomic E-state index is -0.313. The lowest BCUT2D eigenvalue weighted by atomic mass is 9.82. The van der Waals surface area contributed by atoms with Crippen molar-refractivity contribution < 1.29 is 19.1 Å². The van der Waals surface area contributed by atoms with Gasteiger partial charge in [0.1, 0.15) is 12.4 Å². The van der Waals surface area contributed by atoms with Crippen LogP contribution in [0.3, 0.4) is 0 Å². The van der Waals surface area contributed by atoms with Crippen molar-refractivity contribution in [1.29, 1.82) is 0 Å². The Morgan fingerprint density at radius 1 is 0.967 bits per heavy atom. The lowest BCUT2D eigenvalue weighted by molar-refractivity contribution is -0.130. The van der Waals surface area contributed by atoms with E-state index in [0.717, 1.165) is 11.1 Å². The Hall–Kier alpha value is -2.92. The number of fused-ring (bicyclic) bond motifs is 2. The quantitative estimate of drug-likeness (QED) is 0.711. The smallest absolute Gasteiger partial charge is 0.410 e. The molecule has 0 N–H and O–H groups in total. The van der Waals surface area contributed by atoms with E-state index in [1.807, 2.05) is 72.8 Å². The van der Waals surface area contributed by atoms with Gasteiger partial charge in [0.05, 0.1) is 25.3 Å². The molecule has 0 saturated carbocycles. The maximum absolute atomic E-state index is 12.8. The Kier molecular flexibility index (Phi) is 6.60. The van der Waals surface area contributed by atoms with Gasteiger partial charge < -0.3 is 9.47 Å². The highest BCUT2D eigenvalue weighted by atomic mass is 16.6. The maximum Gasteiger partial charge on any atom is 0.410 e. The molecule has 4 rings (SSSR count). The fourth-order valence-electron chi connectivity index (χ4n) is 4.31. The third-order valence-corrected chi connectivity index (χ3v) is 5.82. The van der Waals surface area contributed by atoms with Crippen molar-refractivity contribution in [2.24, 2.45) is 5.92 Å². The first-order valence-electron chi connectivity index (χ1n) is 10.5. The second-order valence-corrected chi connectivity index (χ2v) is 7.94. The number of rotatable bonds is 6. The van der Waals surface area contributed by atoms with E-state index < -0.39 is 0 Å². The van der Waals surface area contributed by atoms with Gasteiger partial charge in [-0.25, -0.2) is 4.79 Å². The first kappa shape index (κ1) is 20.4. The number of morpholine rings is 1. The minimum absolute atomic E-state index is 0.0394. The molecule has 2 aliphatic heterocycles. The normalized spacial score (nSPS) is 23.3. The van der Waals surface area contributed by atoms with Crippen LogP contribution in [0.5, 0.6) is 0 Å². The van der Waals surface area contributed by atoms with Crippen molar-refractivity contribution in [1.82, 2.24) is 4.90 Å². The lowest BCUT2D eigenvalue weighted by Gasteiger charge is -2.47. The fraction of sp³-hybridized carbons (Fsp3) is 0.360. The van der Waals surface area contributed by atoms with Gasteiger partial charge in [0.25, 0.3) is 0 Å². The van der Waals surface area contributed by atoms with Gasteiger partial charge >= 0.3 is 6.09 Å². The highest BCUT2D eigenvalue weighted by molar-refractivity contribution is 5.83. The van der Waals surface area contributed by atoms with Gasteiger partial charge in [-0.05, 0) is 24.0 Å². The molecule has 30 heavy (non-hydrogen) atoms. The van der Waals surface area contributed by atoms with E-state index in [1.54, 1.807) is 4.90 Å². The monoisotopic (exact) mass is 405 g/mol. The van der Waals surface area contributed by atoms with Crippen molar-refractivity contribution >= 4 is 18.0 Å². The summed E-state index contributed by atoms with van der Waals surface area (Å²) in [5, 5.41) is 0. The van der Waals surface area contributed by atoms with Crippen LogP contribution in [-0.2, 0) is 20.9 Å². The van der Waals surface area contributed by atoms with Gasteiger partial charge in [-0.2, -0.15) is 0 Å². The zero-order chi connectivity index (χ0) is 20.8. The number of benzene rings is 2. The van der Waals surface area contributed by atoms with Crippen molar-refractivity contribution in [3.05, 3.63) is 77.9 Å². The molecule has 2 heterocycles. The van der Waals surface area contributed by atoms with Crippen LogP contribution in [0.4, 0.5) is 4.79 Å². The zero-order valence-electron chi connectivity index (χ0n) is 17.0. The van der Waals surface area contributed by atoms with Crippen LogP contribution in [0.2, 0.25) is 0 Å². The van der Waals surface area contributed by atoms with Gasteiger partial charge in [-0.3, -0.25) is 9.69 Å². The van der Waals surface area contributed by atoms with Gasteiger partial charge in [0.15, 0.2) is 0 Å². The number of ether oxygens (including phenoxy) is 2. The van der Waals surface area contributed by atoms with E-state index in [0.29, 0.717) is 32.5 Å². The van der Waals surface area contributed by atoms with E-state index >= 15 is 0 Å². The molecule has 0 aliphatic carbocycles. The van der Waals surface area contributed by atoms with Crippen LogP contribution in [0, 0.1) is 5.92 Å². The average Bonchev–Trinajstić information content (AvgIpc) is 2.78. The maximum atomic E-state index is 12.8. The lowest BCUT2D eigenvalue weighted by Crippen LogP contribution is -2.59. The number of hydrogen-bond donors (Lipinski definition) is 0. The summed E-state index contributed by atoms with van der Waals surface area (Å²) in [6.07, 6.45) is 5.29. The molecule has 2 fully saturated rings. The zero-order valence-corrected chi connectivity index (χ0v) is 17.0. The molecule has 1 amide bonds. The Balaban J connectivity index is 1.33. The SMILES string of the molecule is O=C(C/C=C/c1ccccc1)C1CC2COCC(C1)N2C(=O)OCc1ccccc1. The Morgan fingerprint density at radius 2 is 1.60 bits per heavy atom. The van der Waals surface area contributed by atoms with Crippen LogP contribution < -0.4 is 0 Å². The van der Waals surface area contributed by atoms with E-state index in [4.69, 9.17) is 9.47 Å². The number of allylic oxidation sites excluding steroid dienone is 1. The molecule has 2 bridgehead atoms. The summed E-state index contributed by atoms with van der Waals surface area (Å²) < 4.78 is 11.2. The van der Waals surface area contributed by atoms with E-state index in [9.17, 15) is 9.59 Å². The highest BCUT2D eigenvalue weighted by Gasteiger charge is 2.44. The molecule has 2 saturated heterocycles. The number of carbonyl (C=O) groups excluding carboxylic acids is 2. The fourth-order valence-corrected chi connectivity index (χ4v) is 4.31. The second-order valence-electron chi connectivity index (χ2n) is 7.94.